The van der Waals surface area contributed by atoms with Crippen LogP contribution in [0.4, 0.5) is 0 Å². The van der Waals surface area contributed by atoms with Gasteiger partial charge in [-0.3, -0.25) is 14.0 Å². The zero-order valence-electron chi connectivity index (χ0n) is 16.3. The van der Waals surface area contributed by atoms with Crippen molar-refractivity contribution in [3.63, 3.8) is 0 Å². The first-order valence-corrected chi connectivity index (χ1v) is 9.24. The molecular formula is C20H26N4O3. The average Bonchev–Trinajstić information content (AvgIpc) is 2.98. The summed E-state index contributed by atoms with van der Waals surface area (Å²) < 4.78 is 8.52. The Labute approximate surface area is 157 Å². The van der Waals surface area contributed by atoms with Crippen LogP contribution in [0.5, 0.6) is 0 Å². The van der Waals surface area contributed by atoms with E-state index in [2.05, 4.69) is 10.4 Å². The van der Waals surface area contributed by atoms with Crippen molar-refractivity contribution in [2.75, 3.05) is 13.2 Å². The molecule has 27 heavy (non-hydrogen) atoms. The molecule has 0 unspecified atom stereocenters. The third-order valence-electron chi connectivity index (χ3n) is 4.39. The summed E-state index contributed by atoms with van der Waals surface area (Å²) in [5, 5.41) is 8.13. The second-order valence-electron chi connectivity index (χ2n) is 7.06. The van der Waals surface area contributed by atoms with Crippen LogP contribution in [0.1, 0.15) is 31.7 Å². The molecule has 7 nitrogen and oxygen atoms in total. The van der Waals surface area contributed by atoms with Crippen LogP contribution in [0, 0.1) is 13.8 Å². The lowest BCUT2D eigenvalue weighted by molar-refractivity contribution is -0.121. The highest BCUT2D eigenvalue weighted by Crippen LogP contribution is 2.20. The highest BCUT2D eigenvalue weighted by molar-refractivity contribution is 5.87. The Balaban J connectivity index is 1.77. The third-order valence-corrected chi connectivity index (χ3v) is 4.39. The van der Waals surface area contributed by atoms with E-state index in [0.717, 1.165) is 22.9 Å². The molecule has 0 radical (unpaired) electrons. The van der Waals surface area contributed by atoms with Crippen molar-refractivity contribution in [1.29, 1.82) is 0 Å². The fraction of sp³-hybridized carbons (Fsp3) is 0.450. The van der Waals surface area contributed by atoms with Gasteiger partial charge < -0.3 is 10.1 Å². The first kappa shape index (κ1) is 19.1. The van der Waals surface area contributed by atoms with E-state index in [1.165, 1.54) is 4.68 Å². The van der Waals surface area contributed by atoms with Crippen LogP contribution in [0.2, 0.25) is 0 Å². The van der Waals surface area contributed by atoms with E-state index in [4.69, 9.17) is 4.74 Å². The van der Waals surface area contributed by atoms with Crippen LogP contribution in [0.3, 0.4) is 0 Å². The van der Waals surface area contributed by atoms with E-state index in [1.807, 2.05) is 56.4 Å². The van der Waals surface area contributed by atoms with Crippen molar-refractivity contribution in [2.45, 2.75) is 46.8 Å². The lowest BCUT2D eigenvalue weighted by Gasteiger charge is -2.10. The number of rotatable bonds is 7. The molecular weight excluding hydrogens is 344 g/mol. The van der Waals surface area contributed by atoms with Gasteiger partial charge in [0.2, 0.25) is 5.91 Å². The summed E-state index contributed by atoms with van der Waals surface area (Å²) in [4.78, 5) is 25.0. The van der Waals surface area contributed by atoms with Crippen molar-refractivity contribution in [3.05, 3.63) is 46.0 Å². The normalized spacial score (nSPS) is 11.6. The average molecular weight is 370 g/mol. The minimum atomic E-state index is -0.271. The van der Waals surface area contributed by atoms with Crippen molar-refractivity contribution in [3.8, 4) is 0 Å². The Bertz CT molecular complexity index is 1030. The van der Waals surface area contributed by atoms with Crippen LogP contribution in [0.25, 0.3) is 16.4 Å². The Kier molecular flexibility index (Phi) is 5.60. The van der Waals surface area contributed by atoms with Gasteiger partial charge in [-0.05, 0) is 52.3 Å². The van der Waals surface area contributed by atoms with Crippen LogP contribution >= 0.6 is 0 Å². The lowest BCUT2D eigenvalue weighted by atomic mass is 10.2. The van der Waals surface area contributed by atoms with Gasteiger partial charge in [0.25, 0.3) is 5.56 Å². The van der Waals surface area contributed by atoms with E-state index in [9.17, 15) is 9.59 Å². The molecule has 0 bridgehead atoms. The summed E-state index contributed by atoms with van der Waals surface area (Å²) >= 11 is 0. The summed E-state index contributed by atoms with van der Waals surface area (Å²) in [5.74, 6) is 0.437. The fourth-order valence-corrected chi connectivity index (χ4v) is 3.16. The summed E-state index contributed by atoms with van der Waals surface area (Å²) in [7, 11) is 0. The highest BCUT2D eigenvalue weighted by Gasteiger charge is 2.14. The van der Waals surface area contributed by atoms with Crippen LogP contribution in [0.15, 0.2) is 29.1 Å². The van der Waals surface area contributed by atoms with Gasteiger partial charge in [0.05, 0.1) is 11.6 Å². The Hall–Kier alpha value is -2.67. The summed E-state index contributed by atoms with van der Waals surface area (Å²) in [6, 6.07) is 7.90. The second kappa shape index (κ2) is 7.92. The predicted molar refractivity (Wildman–Crippen MR) is 105 cm³/mol. The number of carbonyl (C=O) groups excluding carboxylic acids is 1. The van der Waals surface area contributed by atoms with E-state index >= 15 is 0 Å². The number of amides is 1. The number of hydrogen-bond donors (Lipinski definition) is 1. The molecule has 2 heterocycles. The largest absolute Gasteiger partial charge is 0.379 e. The lowest BCUT2D eigenvalue weighted by Crippen LogP contribution is -2.35. The number of carbonyl (C=O) groups is 1. The molecule has 0 saturated heterocycles. The van der Waals surface area contributed by atoms with Crippen molar-refractivity contribution >= 4 is 22.3 Å². The van der Waals surface area contributed by atoms with Gasteiger partial charge in [-0.15, -0.1) is 0 Å². The SMILES string of the molecule is Cc1ccc2c(c1)cc1c(=O)n(CC(=O)NCCCOC(C)C)nc(C)n12. The first-order valence-electron chi connectivity index (χ1n) is 9.24. The van der Waals surface area contributed by atoms with Crippen molar-refractivity contribution in [1.82, 2.24) is 19.5 Å². The monoisotopic (exact) mass is 370 g/mol. The van der Waals surface area contributed by atoms with Gasteiger partial charge in [-0.2, -0.15) is 5.10 Å². The maximum atomic E-state index is 12.8. The smallest absolute Gasteiger partial charge is 0.291 e. The van der Waals surface area contributed by atoms with Crippen LogP contribution in [-0.2, 0) is 16.1 Å². The Morgan fingerprint density at radius 2 is 2.00 bits per heavy atom. The molecule has 144 valence electrons. The van der Waals surface area contributed by atoms with E-state index in [-0.39, 0.29) is 24.1 Å². The number of aromatic nitrogens is 3. The third kappa shape index (κ3) is 4.19. The molecule has 2 aromatic heterocycles. The van der Waals surface area contributed by atoms with Gasteiger partial charge in [-0.25, -0.2) is 4.68 Å². The molecule has 3 rings (SSSR count). The number of ether oxygens (including phenoxy) is 1. The van der Waals surface area contributed by atoms with Gasteiger partial charge in [0, 0.05) is 18.5 Å². The van der Waals surface area contributed by atoms with Crippen LogP contribution < -0.4 is 10.9 Å². The first-order chi connectivity index (χ1) is 12.9. The van der Waals surface area contributed by atoms with Crippen molar-refractivity contribution in [2.24, 2.45) is 0 Å². The molecule has 1 aromatic carbocycles. The van der Waals surface area contributed by atoms with E-state index < -0.39 is 0 Å². The predicted octanol–water partition coefficient (Wildman–Crippen LogP) is 2.20. The van der Waals surface area contributed by atoms with Crippen LogP contribution in [-0.4, -0.2) is 39.3 Å². The highest BCUT2D eigenvalue weighted by atomic mass is 16.5. The Morgan fingerprint density at radius 3 is 2.74 bits per heavy atom. The zero-order valence-corrected chi connectivity index (χ0v) is 16.3. The molecule has 0 saturated carbocycles. The van der Waals surface area contributed by atoms with Gasteiger partial charge in [0.15, 0.2) is 0 Å². The summed E-state index contributed by atoms with van der Waals surface area (Å²) in [5.41, 5.74) is 2.33. The molecule has 0 aliphatic carbocycles. The quantitative estimate of drug-likeness (QED) is 0.647. The molecule has 0 spiro atoms. The van der Waals surface area contributed by atoms with Gasteiger partial charge >= 0.3 is 0 Å². The standard InChI is InChI=1S/C20H26N4O3/c1-13(2)27-9-5-8-21-19(25)12-23-20(26)18-11-16-10-14(3)6-7-17(16)24(18)15(4)22-23/h6-7,10-11,13H,5,8-9,12H2,1-4H3,(H,21,25). The van der Waals surface area contributed by atoms with E-state index in [0.29, 0.717) is 24.5 Å². The molecule has 1 N–H and O–H groups in total. The molecule has 0 aliphatic heterocycles. The molecule has 1 amide bonds. The number of nitrogens with one attached hydrogen (secondary N) is 1. The minimum absolute atomic E-state index is 0.0955. The topological polar surface area (TPSA) is 77.6 Å². The maximum absolute atomic E-state index is 12.8. The maximum Gasteiger partial charge on any atom is 0.291 e. The van der Waals surface area contributed by atoms with Crippen molar-refractivity contribution < 1.29 is 9.53 Å². The van der Waals surface area contributed by atoms with Gasteiger partial charge in [-0.1, -0.05) is 11.6 Å². The molecule has 0 aliphatic rings. The minimum Gasteiger partial charge on any atom is -0.379 e. The van der Waals surface area contributed by atoms with Gasteiger partial charge in [0.1, 0.15) is 17.9 Å². The second-order valence-corrected chi connectivity index (χ2v) is 7.06. The Morgan fingerprint density at radius 1 is 1.22 bits per heavy atom. The number of hydrogen-bond acceptors (Lipinski definition) is 4. The summed E-state index contributed by atoms with van der Waals surface area (Å²) in [6.07, 6.45) is 0.910. The number of fused-ring (bicyclic) bond motifs is 3. The number of nitrogens with zero attached hydrogens (tertiary/aromatic N) is 3. The molecule has 0 fully saturated rings. The fourth-order valence-electron chi connectivity index (χ4n) is 3.16. The zero-order chi connectivity index (χ0) is 19.6. The molecule has 0 atom stereocenters. The molecule has 7 heteroatoms. The number of aryl methyl sites for hydroxylation is 2. The molecule has 3 aromatic rings. The number of benzene rings is 1. The summed E-state index contributed by atoms with van der Waals surface area (Å²) in [6.45, 7) is 8.81. The van der Waals surface area contributed by atoms with E-state index in [1.54, 1.807) is 0 Å².